The minimum Gasteiger partial charge on any atom is -0.493 e. The maximum absolute atomic E-state index is 12.1. The summed E-state index contributed by atoms with van der Waals surface area (Å²) in [6.07, 6.45) is 0.00903. The number of anilines is 1. The third-order valence-electron chi connectivity index (χ3n) is 3.69. The largest absolute Gasteiger partial charge is 0.493 e. The molecular weight excluding hydrogens is 350 g/mol. The SMILES string of the molecule is COc1ccc(CC(=O)OCC(=O)c2ccc(NC(C)=O)cc2)cc1OC. The maximum atomic E-state index is 12.1. The molecule has 0 bridgehead atoms. The molecule has 0 aliphatic rings. The van der Waals surface area contributed by atoms with Crippen LogP contribution in [0, 0.1) is 0 Å². The van der Waals surface area contributed by atoms with Crippen LogP contribution in [0.15, 0.2) is 42.5 Å². The molecule has 0 aliphatic carbocycles. The zero-order valence-corrected chi connectivity index (χ0v) is 15.4. The van der Waals surface area contributed by atoms with Crippen molar-refractivity contribution in [1.29, 1.82) is 0 Å². The number of carbonyl (C=O) groups excluding carboxylic acids is 3. The molecule has 0 aromatic heterocycles. The van der Waals surface area contributed by atoms with Crippen LogP contribution in [-0.4, -0.2) is 38.5 Å². The number of hydrogen-bond acceptors (Lipinski definition) is 6. The number of carbonyl (C=O) groups is 3. The Morgan fingerprint density at radius 3 is 2.19 bits per heavy atom. The van der Waals surface area contributed by atoms with E-state index < -0.39 is 5.97 Å². The van der Waals surface area contributed by atoms with E-state index in [1.54, 1.807) is 42.5 Å². The summed E-state index contributed by atoms with van der Waals surface area (Å²) in [4.78, 5) is 35.1. The van der Waals surface area contributed by atoms with Gasteiger partial charge in [-0.1, -0.05) is 6.07 Å². The predicted molar refractivity (Wildman–Crippen MR) is 99.3 cm³/mol. The zero-order chi connectivity index (χ0) is 19.8. The number of rotatable bonds is 8. The van der Waals surface area contributed by atoms with Gasteiger partial charge in [0.05, 0.1) is 20.6 Å². The molecule has 0 saturated heterocycles. The molecule has 2 aromatic carbocycles. The Labute approximate surface area is 157 Å². The van der Waals surface area contributed by atoms with Crippen LogP contribution in [0.25, 0.3) is 0 Å². The Balaban J connectivity index is 1.89. The first-order valence-corrected chi connectivity index (χ1v) is 8.20. The highest BCUT2D eigenvalue weighted by atomic mass is 16.5. The van der Waals surface area contributed by atoms with Gasteiger partial charge in [-0.05, 0) is 42.0 Å². The van der Waals surface area contributed by atoms with E-state index in [1.807, 2.05) is 0 Å². The van der Waals surface area contributed by atoms with Crippen molar-refractivity contribution in [3.05, 3.63) is 53.6 Å². The van der Waals surface area contributed by atoms with Gasteiger partial charge in [0, 0.05) is 18.2 Å². The lowest BCUT2D eigenvalue weighted by Gasteiger charge is -2.09. The third-order valence-corrected chi connectivity index (χ3v) is 3.69. The second kappa shape index (κ2) is 9.38. The first-order chi connectivity index (χ1) is 12.9. The predicted octanol–water partition coefficient (Wildman–Crippen LogP) is 2.63. The molecule has 0 spiro atoms. The zero-order valence-electron chi connectivity index (χ0n) is 15.4. The van der Waals surface area contributed by atoms with Gasteiger partial charge in [-0.2, -0.15) is 0 Å². The third kappa shape index (κ3) is 5.85. The van der Waals surface area contributed by atoms with Crippen molar-refractivity contribution in [3.8, 4) is 11.5 Å². The molecule has 0 saturated carbocycles. The van der Waals surface area contributed by atoms with Crippen molar-refractivity contribution in [2.24, 2.45) is 0 Å². The van der Waals surface area contributed by atoms with Crippen molar-refractivity contribution in [2.75, 3.05) is 26.1 Å². The van der Waals surface area contributed by atoms with Gasteiger partial charge in [-0.25, -0.2) is 0 Å². The van der Waals surface area contributed by atoms with E-state index in [2.05, 4.69) is 5.32 Å². The smallest absolute Gasteiger partial charge is 0.310 e. The number of ether oxygens (including phenoxy) is 3. The van der Waals surface area contributed by atoms with Crippen molar-refractivity contribution >= 4 is 23.3 Å². The number of esters is 1. The molecule has 0 atom stereocenters. The van der Waals surface area contributed by atoms with Gasteiger partial charge in [0.2, 0.25) is 5.91 Å². The molecular formula is C20H21NO6. The van der Waals surface area contributed by atoms with E-state index in [4.69, 9.17) is 14.2 Å². The fraction of sp³-hybridized carbons (Fsp3) is 0.250. The number of Topliss-reactive ketones (excluding diaryl/α,β-unsaturated/α-hetero) is 1. The summed E-state index contributed by atoms with van der Waals surface area (Å²) in [6.45, 7) is 1.04. The quantitative estimate of drug-likeness (QED) is 0.567. The van der Waals surface area contributed by atoms with Crippen molar-refractivity contribution in [1.82, 2.24) is 0 Å². The summed E-state index contributed by atoms with van der Waals surface area (Å²) in [5.74, 6) is 0.0271. The summed E-state index contributed by atoms with van der Waals surface area (Å²) in [5.41, 5.74) is 1.66. The second-order valence-corrected chi connectivity index (χ2v) is 5.71. The van der Waals surface area contributed by atoms with E-state index >= 15 is 0 Å². The van der Waals surface area contributed by atoms with Gasteiger partial charge in [-0.15, -0.1) is 0 Å². The van der Waals surface area contributed by atoms with E-state index in [0.29, 0.717) is 28.3 Å². The first kappa shape index (κ1) is 20.0. The van der Waals surface area contributed by atoms with E-state index in [0.717, 1.165) is 0 Å². The summed E-state index contributed by atoms with van der Waals surface area (Å²) in [5, 5.41) is 2.61. The van der Waals surface area contributed by atoms with Gasteiger partial charge in [0.25, 0.3) is 0 Å². The van der Waals surface area contributed by atoms with Crippen molar-refractivity contribution in [2.45, 2.75) is 13.3 Å². The number of amides is 1. The molecule has 0 heterocycles. The Morgan fingerprint density at radius 2 is 1.59 bits per heavy atom. The molecule has 1 amide bonds. The van der Waals surface area contributed by atoms with Crippen molar-refractivity contribution in [3.63, 3.8) is 0 Å². The van der Waals surface area contributed by atoms with Crippen LogP contribution in [-0.2, 0) is 20.7 Å². The Morgan fingerprint density at radius 1 is 0.926 bits per heavy atom. The molecule has 7 nitrogen and oxygen atoms in total. The highest BCUT2D eigenvalue weighted by molar-refractivity contribution is 5.98. The van der Waals surface area contributed by atoms with Crippen LogP contribution in [0.2, 0.25) is 0 Å². The fourth-order valence-corrected chi connectivity index (χ4v) is 2.38. The number of hydrogen-bond donors (Lipinski definition) is 1. The number of methoxy groups -OCH3 is 2. The lowest BCUT2D eigenvalue weighted by Crippen LogP contribution is -2.16. The number of benzene rings is 2. The first-order valence-electron chi connectivity index (χ1n) is 8.20. The molecule has 0 aliphatic heterocycles. The Kier molecular flexibility index (Phi) is 6.93. The van der Waals surface area contributed by atoms with E-state index in [9.17, 15) is 14.4 Å². The Hall–Kier alpha value is -3.35. The topological polar surface area (TPSA) is 90.9 Å². The molecule has 2 aromatic rings. The molecule has 7 heteroatoms. The lowest BCUT2D eigenvalue weighted by molar-refractivity contribution is -0.141. The summed E-state index contributed by atoms with van der Waals surface area (Å²) in [7, 11) is 3.04. The molecule has 27 heavy (non-hydrogen) atoms. The molecule has 2 rings (SSSR count). The monoisotopic (exact) mass is 371 g/mol. The minimum absolute atomic E-state index is 0.00903. The van der Waals surface area contributed by atoms with Crippen LogP contribution in [0.4, 0.5) is 5.69 Å². The van der Waals surface area contributed by atoms with Crippen LogP contribution >= 0.6 is 0 Å². The minimum atomic E-state index is -0.523. The van der Waals surface area contributed by atoms with Gasteiger partial charge in [0.15, 0.2) is 23.9 Å². The summed E-state index contributed by atoms with van der Waals surface area (Å²) in [6, 6.07) is 11.5. The van der Waals surface area contributed by atoms with Crippen molar-refractivity contribution < 1.29 is 28.6 Å². The highest BCUT2D eigenvalue weighted by Crippen LogP contribution is 2.27. The van der Waals surface area contributed by atoms with Crippen LogP contribution in [0.3, 0.4) is 0 Å². The fourth-order valence-electron chi connectivity index (χ4n) is 2.38. The molecule has 1 N–H and O–H groups in total. The number of nitrogens with one attached hydrogen (secondary N) is 1. The maximum Gasteiger partial charge on any atom is 0.310 e. The summed E-state index contributed by atoms with van der Waals surface area (Å²) >= 11 is 0. The number of ketones is 1. The average Bonchev–Trinajstić information content (AvgIpc) is 2.66. The highest BCUT2D eigenvalue weighted by Gasteiger charge is 2.12. The van der Waals surface area contributed by atoms with Crippen LogP contribution in [0.5, 0.6) is 11.5 Å². The van der Waals surface area contributed by atoms with Crippen LogP contribution < -0.4 is 14.8 Å². The van der Waals surface area contributed by atoms with Gasteiger partial charge < -0.3 is 19.5 Å². The molecule has 0 unspecified atom stereocenters. The molecule has 142 valence electrons. The molecule has 0 radical (unpaired) electrons. The van der Waals surface area contributed by atoms with Gasteiger partial charge in [-0.3, -0.25) is 14.4 Å². The van der Waals surface area contributed by atoms with E-state index in [-0.39, 0.29) is 24.7 Å². The normalized spacial score (nSPS) is 10.0. The summed E-state index contributed by atoms with van der Waals surface area (Å²) < 4.78 is 15.4. The average molecular weight is 371 g/mol. The van der Waals surface area contributed by atoms with Gasteiger partial charge >= 0.3 is 5.97 Å². The molecule has 0 fully saturated rings. The standard InChI is InChI=1S/C20H21NO6/c1-13(22)21-16-7-5-15(6-8-16)17(23)12-27-20(24)11-14-4-9-18(25-2)19(10-14)26-3/h4-10H,11-12H2,1-3H3,(H,21,22). The second-order valence-electron chi connectivity index (χ2n) is 5.71. The lowest BCUT2D eigenvalue weighted by atomic mass is 10.1. The van der Waals surface area contributed by atoms with Gasteiger partial charge in [0.1, 0.15) is 0 Å². The van der Waals surface area contributed by atoms with Crippen LogP contribution in [0.1, 0.15) is 22.8 Å². The Bertz CT molecular complexity index is 829. The van der Waals surface area contributed by atoms with E-state index in [1.165, 1.54) is 21.1 Å².